The van der Waals surface area contributed by atoms with Gasteiger partial charge in [-0.1, -0.05) is 36.4 Å². The van der Waals surface area contributed by atoms with Crippen molar-refractivity contribution in [2.45, 2.75) is 0 Å². The van der Waals surface area contributed by atoms with E-state index in [4.69, 9.17) is 4.84 Å². The van der Waals surface area contributed by atoms with Crippen LogP contribution in [0, 0.1) is 0 Å². The van der Waals surface area contributed by atoms with Crippen LogP contribution in [-0.4, -0.2) is 24.0 Å². The van der Waals surface area contributed by atoms with E-state index in [2.05, 4.69) is 0 Å². The van der Waals surface area contributed by atoms with Gasteiger partial charge in [0.1, 0.15) is 0 Å². The molecule has 0 bridgehead atoms. The minimum atomic E-state index is -0.489. The maximum Gasteiger partial charge on any atom is 0.285 e. The molecule has 0 aliphatic heterocycles. The Morgan fingerprint density at radius 1 is 0.789 bits per heavy atom. The van der Waals surface area contributed by atoms with E-state index in [1.165, 1.54) is 7.11 Å². The van der Waals surface area contributed by atoms with Gasteiger partial charge in [-0.2, -0.15) is 0 Å². The van der Waals surface area contributed by atoms with E-state index in [1.807, 2.05) is 0 Å². The summed E-state index contributed by atoms with van der Waals surface area (Å²) < 4.78 is 0. The van der Waals surface area contributed by atoms with Gasteiger partial charge in [-0.15, -0.1) is 5.06 Å². The number of hydrogen-bond donors (Lipinski definition) is 0. The van der Waals surface area contributed by atoms with Crippen LogP contribution in [-0.2, 0) is 4.84 Å². The van der Waals surface area contributed by atoms with E-state index < -0.39 is 11.8 Å². The van der Waals surface area contributed by atoms with Gasteiger partial charge in [-0.25, -0.2) is 0 Å². The molecule has 0 aromatic heterocycles. The largest absolute Gasteiger partial charge is 0.285 e. The second-order valence-electron chi connectivity index (χ2n) is 3.82. The monoisotopic (exact) mass is 255 g/mol. The topological polar surface area (TPSA) is 46.6 Å². The molecule has 0 radical (unpaired) electrons. The Kier molecular flexibility index (Phi) is 4.05. The Balaban J connectivity index is 2.26. The Morgan fingerprint density at radius 2 is 1.16 bits per heavy atom. The standard InChI is InChI=1S/C15H13NO3/c1-19-16(14(17)12-8-4-2-5-9-12)15(18)13-10-6-3-7-11-13/h2-11H,1H3. The van der Waals surface area contributed by atoms with Crippen LogP contribution in [0.5, 0.6) is 0 Å². The van der Waals surface area contributed by atoms with Crippen LogP contribution < -0.4 is 0 Å². The zero-order chi connectivity index (χ0) is 13.7. The average molecular weight is 255 g/mol. The van der Waals surface area contributed by atoms with Gasteiger partial charge in [0.25, 0.3) is 11.8 Å². The van der Waals surface area contributed by atoms with E-state index in [9.17, 15) is 9.59 Å². The Bertz CT molecular complexity index is 515. The molecule has 2 rings (SSSR count). The Labute approximate surface area is 111 Å². The van der Waals surface area contributed by atoms with E-state index in [1.54, 1.807) is 60.7 Å². The van der Waals surface area contributed by atoms with Crippen molar-refractivity contribution < 1.29 is 14.4 Å². The van der Waals surface area contributed by atoms with Gasteiger partial charge in [0, 0.05) is 11.1 Å². The number of amides is 2. The molecule has 0 atom stereocenters. The molecule has 2 aromatic rings. The summed E-state index contributed by atoms with van der Waals surface area (Å²) in [5.74, 6) is -0.978. The van der Waals surface area contributed by atoms with E-state index in [-0.39, 0.29) is 0 Å². The van der Waals surface area contributed by atoms with Crippen molar-refractivity contribution in [2.24, 2.45) is 0 Å². The quantitative estimate of drug-likeness (QED) is 0.625. The molecule has 2 amide bonds. The molecule has 0 fully saturated rings. The highest BCUT2D eigenvalue weighted by Gasteiger charge is 2.24. The van der Waals surface area contributed by atoms with Gasteiger partial charge in [0.15, 0.2) is 0 Å². The van der Waals surface area contributed by atoms with Crippen molar-refractivity contribution in [1.82, 2.24) is 5.06 Å². The van der Waals surface area contributed by atoms with Gasteiger partial charge < -0.3 is 0 Å². The molecule has 19 heavy (non-hydrogen) atoms. The fraction of sp³-hybridized carbons (Fsp3) is 0.0667. The predicted octanol–water partition coefficient (Wildman–Crippen LogP) is 2.53. The molecular formula is C15H13NO3. The lowest BCUT2D eigenvalue weighted by atomic mass is 10.2. The van der Waals surface area contributed by atoms with Crippen LogP contribution in [0.4, 0.5) is 0 Å². The van der Waals surface area contributed by atoms with Crippen molar-refractivity contribution in [3.8, 4) is 0 Å². The lowest BCUT2D eigenvalue weighted by molar-refractivity contribution is -0.0684. The van der Waals surface area contributed by atoms with Gasteiger partial charge in [0.05, 0.1) is 7.11 Å². The number of rotatable bonds is 3. The molecule has 96 valence electrons. The van der Waals surface area contributed by atoms with Crippen LogP contribution in [0.15, 0.2) is 60.7 Å². The number of nitrogens with zero attached hydrogens (tertiary/aromatic N) is 1. The first-order valence-electron chi connectivity index (χ1n) is 5.77. The molecule has 0 unspecified atom stereocenters. The van der Waals surface area contributed by atoms with Gasteiger partial charge in [-0.05, 0) is 24.3 Å². The first-order chi connectivity index (χ1) is 9.24. The molecule has 0 aliphatic carbocycles. The van der Waals surface area contributed by atoms with Crippen molar-refractivity contribution in [3.63, 3.8) is 0 Å². The SMILES string of the molecule is CON(C(=O)c1ccccc1)C(=O)c1ccccc1. The first-order valence-corrected chi connectivity index (χ1v) is 5.77. The summed E-state index contributed by atoms with van der Waals surface area (Å²) in [5, 5.41) is 0.755. The van der Waals surface area contributed by atoms with Crippen molar-refractivity contribution in [1.29, 1.82) is 0 Å². The minimum absolute atomic E-state index is 0.397. The van der Waals surface area contributed by atoms with Crippen molar-refractivity contribution in [2.75, 3.05) is 7.11 Å². The van der Waals surface area contributed by atoms with E-state index >= 15 is 0 Å². The molecule has 4 nitrogen and oxygen atoms in total. The lowest BCUT2D eigenvalue weighted by Gasteiger charge is -2.17. The number of hydrogen-bond acceptors (Lipinski definition) is 3. The second-order valence-corrected chi connectivity index (χ2v) is 3.82. The molecule has 0 aliphatic rings. The fourth-order valence-electron chi connectivity index (χ4n) is 1.65. The lowest BCUT2D eigenvalue weighted by Crippen LogP contribution is -2.35. The maximum absolute atomic E-state index is 12.2. The third-order valence-corrected chi connectivity index (χ3v) is 2.59. The number of carbonyl (C=O) groups is 2. The summed E-state index contributed by atoms with van der Waals surface area (Å²) in [7, 11) is 1.29. The van der Waals surface area contributed by atoms with Gasteiger partial charge >= 0.3 is 0 Å². The molecule has 0 saturated heterocycles. The van der Waals surface area contributed by atoms with Crippen LogP contribution in [0.1, 0.15) is 20.7 Å². The zero-order valence-corrected chi connectivity index (χ0v) is 10.4. The molecule has 0 heterocycles. The van der Waals surface area contributed by atoms with Gasteiger partial charge in [-0.3, -0.25) is 14.4 Å². The van der Waals surface area contributed by atoms with Crippen LogP contribution >= 0.6 is 0 Å². The highest BCUT2D eigenvalue weighted by atomic mass is 16.7. The summed E-state index contributed by atoms with van der Waals surface area (Å²) in [6.45, 7) is 0. The highest BCUT2D eigenvalue weighted by molar-refractivity contribution is 6.09. The predicted molar refractivity (Wildman–Crippen MR) is 70.4 cm³/mol. The van der Waals surface area contributed by atoms with E-state index in [0.29, 0.717) is 11.1 Å². The summed E-state index contributed by atoms with van der Waals surface area (Å²) in [5.41, 5.74) is 0.794. The smallest absolute Gasteiger partial charge is 0.266 e. The normalized spacial score (nSPS) is 9.95. The summed E-state index contributed by atoms with van der Waals surface area (Å²) >= 11 is 0. The number of imide groups is 1. The third-order valence-electron chi connectivity index (χ3n) is 2.59. The van der Waals surface area contributed by atoms with Crippen molar-refractivity contribution in [3.05, 3.63) is 71.8 Å². The molecule has 2 aromatic carbocycles. The number of hydroxylamine groups is 2. The molecule has 0 saturated carbocycles. The third kappa shape index (κ3) is 2.86. The highest BCUT2D eigenvalue weighted by Crippen LogP contribution is 2.10. The van der Waals surface area contributed by atoms with Gasteiger partial charge in [0.2, 0.25) is 0 Å². The number of benzene rings is 2. The van der Waals surface area contributed by atoms with Crippen LogP contribution in [0.3, 0.4) is 0 Å². The second kappa shape index (κ2) is 5.93. The summed E-state index contributed by atoms with van der Waals surface area (Å²) in [6, 6.07) is 17.0. The summed E-state index contributed by atoms with van der Waals surface area (Å²) in [6.07, 6.45) is 0. The summed E-state index contributed by atoms with van der Waals surface area (Å²) in [4.78, 5) is 29.3. The van der Waals surface area contributed by atoms with Crippen LogP contribution in [0.2, 0.25) is 0 Å². The van der Waals surface area contributed by atoms with Crippen LogP contribution in [0.25, 0.3) is 0 Å². The Morgan fingerprint density at radius 3 is 1.47 bits per heavy atom. The molecule has 0 N–H and O–H groups in total. The first kappa shape index (κ1) is 13.0. The maximum atomic E-state index is 12.2. The molecule has 0 spiro atoms. The molecular weight excluding hydrogens is 242 g/mol. The number of carbonyl (C=O) groups excluding carboxylic acids is 2. The minimum Gasteiger partial charge on any atom is -0.266 e. The fourth-order valence-corrected chi connectivity index (χ4v) is 1.65. The Hall–Kier alpha value is -2.46. The van der Waals surface area contributed by atoms with E-state index in [0.717, 1.165) is 5.06 Å². The van der Waals surface area contributed by atoms with Crippen molar-refractivity contribution >= 4 is 11.8 Å². The molecule has 4 heteroatoms. The zero-order valence-electron chi connectivity index (χ0n) is 10.4. The average Bonchev–Trinajstić information content (AvgIpc) is 2.49.